The summed E-state index contributed by atoms with van der Waals surface area (Å²) in [5.74, 6) is -5.12. The van der Waals surface area contributed by atoms with Crippen LogP contribution in [0.4, 0.5) is 10.1 Å². The van der Waals surface area contributed by atoms with Crippen LogP contribution in [0, 0.1) is 18.2 Å². The van der Waals surface area contributed by atoms with E-state index in [4.69, 9.17) is 15.2 Å². The van der Waals surface area contributed by atoms with Crippen LogP contribution in [-0.4, -0.2) is 127 Å². The lowest BCUT2D eigenvalue weighted by Gasteiger charge is -2.35. The van der Waals surface area contributed by atoms with E-state index in [0.29, 0.717) is 47.8 Å². The van der Waals surface area contributed by atoms with Crippen molar-refractivity contribution in [2.24, 2.45) is 11.1 Å². The molecule has 2 unspecified atom stereocenters. The zero-order valence-electron chi connectivity index (χ0n) is 51.3. The number of thiazole rings is 1. The van der Waals surface area contributed by atoms with Gasteiger partial charge in [0.15, 0.2) is 11.6 Å². The zero-order chi connectivity index (χ0) is 65.6. The molecule has 0 saturated carbocycles. The second-order valence-electron chi connectivity index (χ2n) is 24.5. The number of amides is 7. The average molecular weight is 1290 g/mol. The second-order valence-corrected chi connectivity index (χ2v) is 26.9. The highest BCUT2D eigenvalue weighted by Crippen LogP contribution is 2.41. The van der Waals surface area contributed by atoms with Gasteiger partial charge in [-0.3, -0.25) is 52.6 Å². The number of nitrogens with two attached hydrogens (primary N) is 1. The second kappa shape index (κ2) is 28.3. The van der Waals surface area contributed by atoms with Crippen molar-refractivity contribution < 1.29 is 71.4 Å². The van der Waals surface area contributed by atoms with Gasteiger partial charge in [0.2, 0.25) is 35.4 Å². The van der Waals surface area contributed by atoms with Gasteiger partial charge in [-0.2, -0.15) is 0 Å². The monoisotopic (exact) mass is 1290 g/mol. The van der Waals surface area contributed by atoms with Crippen LogP contribution >= 0.6 is 18.9 Å². The summed E-state index contributed by atoms with van der Waals surface area (Å²) in [6.45, 7) is 10.1. The molecule has 9 N–H and O–H groups in total. The summed E-state index contributed by atoms with van der Waals surface area (Å²) in [6.07, 6.45) is 1.54. The maximum absolute atomic E-state index is 16.2. The van der Waals surface area contributed by atoms with Gasteiger partial charge in [0.1, 0.15) is 42.6 Å². The molecule has 9 rings (SSSR count). The number of aromatic nitrogens is 2. The van der Waals surface area contributed by atoms with Gasteiger partial charge in [-0.1, -0.05) is 81.8 Å². The van der Waals surface area contributed by atoms with E-state index in [9.17, 15) is 57.5 Å². The van der Waals surface area contributed by atoms with Crippen molar-refractivity contribution in [3.05, 3.63) is 135 Å². The quantitative estimate of drug-likeness (QED) is 0.0164. The molecule has 2 aromatic heterocycles. The Bertz CT molecular complexity index is 3840. The number of para-hydroxylation sites is 1. The highest BCUT2D eigenvalue weighted by atomic mass is 32.1. The Morgan fingerprint density at radius 2 is 1.63 bits per heavy atom. The third-order valence-electron chi connectivity index (χ3n) is 16.7. The Morgan fingerprint density at radius 1 is 0.901 bits per heavy atom. The van der Waals surface area contributed by atoms with Crippen LogP contribution < -0.4 is 36.6 Å². The van der Waals surface area contributed by atoms with Crippen LogP contribution in [0.15, 0.2) is 90.4 Å². The van der Waals surface area contributed by atoms with Crippen LogP contribution in [0.5, 0.6) is 5.75 Å². The number of carbonyl (C=O) groups is 9. The van der Waals surface area contributed by atoms with E-state index in [1.54, 1.807) is 38.4 Å². The van der Waals surface area contributed by atoms with Crippen molar-refractivity contribution in [2.45, 2.75) is 155 Å². The lowest BCUT2D eigenvalue weighted by molar-refractivity contribution is -0.147. The molecule has 5 heterocycles. The molecular weight excluding hydrogens is 1210 g/mol. The van der Waals surface area contributed by atoms with Crippen molar-refractivity contribution in [2.75, 3.05) is 18.1 Å². The molecule has 1 fully saturated rings. The van der Waals surface area contributed by atoms with E-state index in [1.165, 1.54) is 58.4 Å². The Labute approximate surface area is 528 Å². The first kappa shape index (κ1) is 66.8. The summed E-state index contributed by atoms with van der Waals surface area (Å²) < 4.78 is 39.3. The number of aromatic amines is 1. The summed E-state index contributed by atoms with van der Waals surface area (Å²) in [6, 6.07) is 17.6. The molecule has 7 amide bonds. The number of H-pyrrole nitrogens is 1. The molecule has 7 atom stereocenters. The molecular formula is C65H75FN9O14PS. The largest absolute Gasteiger partial charge is 0.488 e. The van der Waals surface area contributed by atoms with Crippen molar-refractivity contribution in [1.82, 2.24) is 36.1 Å². The molecule has 4 aromatic carbocycles. The number of rotatable bonds is 25. The van der Waals surface area contributed by atoms with Crippen molar-refractivity contribution in [3.63, 3.8) is 0 Å². The topological polar surface area (TPSA) is 339 Å². The fourth-order valence-electron chi connectivity index (χ4n) is 12.0. The normalized spacial score (nSPS) is 18.1. The number of halogens is 1. The number of hydrogen-bond acceptors (Lipinski definition) is 14. The Kier molecular flexibility index (Phi) is 20.7. The number of nitrogens with one attached hydrogen (secondary N) is 5. The number of likely N-dealkylation sites (tertiary alicyclic amines) is 1. The van der Waals surface area contributed by atoms with Gasteiger partial charge in [-0.05, 0) is 116 Å². The summed E-state index contributed by atoms with van der Waals surface area (Å²) in [5.41, 5.74) is 10.4. The van der Waals surface area contributed by atoms with E-state index in [-0.39, 0.29) is 75.1 Å². The van der Waals surface area contributed by atoms with Gasteiger partial charge in [0.05, 0.1) is 40.4 Å². The summed E-state index contributed by atoms with van der Waals surface area (Å²) in [4.78, 5) is 151. The van der Waals surface area contributed by atoms with E-state index in [2.05, 4.69) is 31.2 Å². The molecule has 26 heteroatoms. The zero-order valence-corrected chi connectivity index (χ0v) is 53.1. The molecule has 23 nitrogen and oxygen atoms in total. The summed E-state index contributed by atoms with van der Waals surface area (Å²) in [7, 11) is -5.08. The Balaban J connectivity index is 0.780. The fourth-order valence-corrected chi connectivity index (χ4v) is 13.2. The van der Waals surface area contributed by atoms with Gasteiger partial charge in [-0.25, -0.2) is 9.37 Å². The van der Waals surface area contributed by atoms with Crippen LogP contribution in [0.3, 0.4) is 0 Å². The minimum Gasteiger partial charge on any atom is -0.488 e. The number of benzene rings is 4. The van der Waals surface area contributed by atoms with E-state index in [0.717, 1.165) is 32.8 Å². The number of unbranched alkanes of at least 4 members (excludes halogenated alkanes) is 2. The van der Waals surface area contributed by atoms with Gasteiger partial charge in [0, 0.05) is 49.1 Å². The number of primary amides is 1. The molecule has 3 aliphatic rings. The fraction of sp³-hybridized carbons (Fsp3) is 0.415. The molecule has 6 aromatic rings. The number of fused-ring (bicyclic) bond motifs is 1. The highest BCUT2D eigenvalue weighted by Gasteiger charge is 2.47. The van der Waals surface area contributed by atoms with Crippen LogP contribution in [0.1, 0.15) is 141 Å². The van der Waals surface area contributed by atoms with Crippen LogP contribution in [0.25, 0.3) is 21.3 Å². The number of ether oxygens (including phenoxy) is 2. The minimum absolute atomic E-state index is 0.00461. The number of carbonyl (C=O) groups excluding carboxylic acids is 9. The first-order valence-electron chi connectivity index (χ1n) is 30.2. The number of nitrogens with zero attached hydrogens (tertiary/aromatic N) is 3. The minimum atomic E-state index is -5.08. The molecule has 0 spiro atoms. The molecule has 91 heavy (non-hydrogen) atoms. The molecule has 3 aliphatic heterocycles. The van der Waals surface area contributed by atoms with Crippen molar-refractivity contribution in [3.8, 4) is 16.2 Å². The highest BCUT2D eigenvalue weighted by molar-refractivity contribution is 7.70. The predicted molar refractivity (Wildman–Crippen MR) is 336 cm³/mol. The molecule has 0 radical (unpaired) electrons. The standard InChI is InChI=1S/C65H75FN9O14PS/c1-35(38-18-20-41(21-19-38)57-36(2)68-34-91-57)69-60(80)50-31-46(89-37(3)76)32-74(50)63(83)58(65(4,5)6)73-54(78)17-9-7-8-12-39-13-11-16-52(55(39)66)88-33-45(24-27-53(67)77)70-61(81)51-30-42-15-10-14-40-22-26-48(62(82)75(51)56(40)42)72-59(79)49-29-44-28-43(23-25-47(44)71-49)64(84)90(85,86)87/h10-11,13-16,18-21,23,25,28-29,34-35,45-46,48,50-51,58,71H,7-9,12,17,22,24,26-27,30-33H2,1-6H3,(H2,67,77)(H,69,80)(H,70,81)(H,72,79)(H,73,78)(H2,85,86,87)/t35-,45-,46+,48-,50?,51?,58+/m0/s1. The summed E-state index contributed by atoms with van der Waals surface area (Å²) in [5, 5.41) is 11.9. The molecule has 0 aliphatic carbocycles. The smallest absolute Gasteiger partial charge is 0.396 e. The Hall–Kier alpha value is -8.64. The third kappa shape index (κ3) is 15.9. The van der Waals surface area contributed by atoms with Gasteiger partial charge >= 0.3 is 13.6 Å². The first-order chi connectivity index (χ1) is 43.1. The average Bonchev–Trinajstić information content (AvgIpc) is 1.62. The first-order valence-corrected chi connectivity index (χ1v) is 32.7. The number of hydrogen-bond donors (Lipinski definition) is 8. The maximum Gasteiger partial charge on any atom is 0.396 e. The van der Waals surface area contributed by atoms with E-state index >= 15 is 4.39 Å². The Morgan fingerprint density at radius 3 is 2.32 bits per heavy atom. The van der Waals surface area contributed by atoms with Gasteiger partial charge in [0.25, 0.3) is 11.4 Å². The van der Waals surface area contributed by atoms with E-state index in [1.807, 2.05) is 56.3 Å². The molecule has 482 valence electrons. The number of aryl methyl sites for hydroxylation is 3. The molecule has 1 saturated heterocycles. The maximum atomic E-state index is 16.2. The number of anilines is 1. The van der Waals surface area contributed by atoms with Crippen molar-refractivity contribution >= 4 is 88.4 Å². The van der Waals surface area contributed by atoms with Crippen molar-refractivity contribution in [1.29, 1.82) is 0 Å². The lowest BCUT2D eigenvalue weighted by atomic mass is 9.85. The van der Waals surface area contributed by atoms with Gasteiger partial charge < -0.3 is 56.1 Å². The van der Waals surface area contributed by atoms with Gasteiger partial charge in [-0.15, -0.1) is 11.3 Å². The summed E-state index contributed by atoms with van der Waals surface area (Å²) >= 11 is 1.54. The predicted octanol–water partition coefficient (Wildman–Crippen LogP) is 6.93. The van der Waals surface area contributed by atoms with Crippen LogP contribution in [-0.2, 0) is 62.1 Å². The molecule has 0 bridgehead atoms. The lowest BCUT2D eigenvalue weighted by Crippen LogP contribution is -2.57. The number of esters is 1. The van der Waals surface area contributed by atoms with Crippen LogP contribution in [0.2, 0.25) is 0 Å². The van der Waals surface area contributed by atoms with E-state index < -0.39 is 114 Å². The SMILES string of the molecule is CC(=O)O[C@@H]1CC(C(=O)N[C@@H](C)c2ccc(-c3scnc3C)cc2)N(C(=O)[C@@H](NC(=O)CCCCCc2cccc(OC[C@H](CCC(N)=O)NC(=O)C3Cc4cccc5c4N3C(=O)[C@@H](NC(=O)c3cc4cc(C(=O)P(=O)(O)O)ccc4[nH]3)CC5)c2F)C(C)(C)C)C1. The third-order valence-corrected chi connectivity index (χ3v) is 18.5.